The molecule has 0 bridgehead atoms. The number of hydrogen-bond donors (Lipinski definition) is 1. The first-order valence-electron chi connectivity index (χ1n) is 7.19. The molecule has 1 aromatic carbocycles. The number of rotatable bonds is 4. The average molecular weight is 271 g/mol. The van der Waals surface area contributed by atoms with E-state index >= 15 is 0 Å². The summed E-state index contributed by atoms with van der Waals surface area (Å²) in [5, 5.41) is 8.10. The third-order valence-electron chi connectivity index (χ3n) is 3.89. The Morgan fingerprint density at radius 1 is 1.10 bits per heavy atom. The maximum absolute atomic E-state index is 4.49. The van der Waals surface area contributed by atoms with E-state index in [1.54, 1.807) is 0 Å². The second kappa shape index (κ2) is 5.80. The second-order valence-electron chi connectivity index (χ2n) is 5.81. The highest BCUT2D eigenvalue weighted by molar-refractivity contribution is 5.30. The lowest BCUT2D eigenvalue weighted by atomic mass is 10.0. The van der Waals surface area contributed by atoms with Crippen molar-refractivity contribution >= 4 is 0 Å². The topological polar surface area (TPSA) is 29.9 Å². The van der Waals surface area contributed by atoms with Crippen molar-refractivity contribution in [3.63, 3.8) is 0 Å². The van der Waals surface area contributed by atoms with Gasteiger partial charge in [0, 0.05) is 30.9 Å². The van der Waals surface area contributed by atoms with Crippen LogP contribution in [0.2, 0.25) is 0 Å². The average Bonchev–Trinajstić information content (AvgIpc) is 2.59. The van der Waals surface area contributed by atoms with Gasteiger partial charge in [-0.05, 0) is 40.2 Å². The highest BCUT2D eigenvalue weighted by atomic mass is 15.3. The van der Waals surface area contributed by atoms with E-state index in [0.29, 0.717) is 6.04 Å². The smallest absolute Gasteiger partial charge is 0.0644 e. The highest BCUT2D eigenvalue weighted by Crippen LogP contribution is 2.21. The number of hydrogen-bond acceptors (Lipinski definition) is 2. The van der Waals surface area contributed by atoms with Gasteiger partial charge < -0.3 is 5.32 Å². The summed E-state index contributed by atoms with van der Waals surface area (Å²) in [6, 6.07) is 7.01. The number of aromatic nitrogens is 2. The number of aryl methyl sites for hydroxylation is 4. The first-order chi connectivity index (χ1) is 9.38. The van der Waals surface area contributed by atoms with E-state index in [-0.39, 0.29) is 0 Å². The normalized spacial score (nSPS) is 12.7. The summed E-state index contributed by atoms with van der Waals surface area (Å²) in [7, 11) is 2.00. The summed E-state index contributed by atoms with van der Waals surface area (Å²) >= 11 is 0. The van der Waals surface area contributed by atoms with Crippen molar-refractivity contribution in [1.29, 1.82) is 0 Å². The van der Waals surface area contributed by atoms with Crippen molar-refractivity contribution < 1.29 is 0 Å². The predicted molar refractivity (Wildman–Crippen MR) is 83.9 cm³/mol. The SMILES string of the molecule is Cc1cc(C)cc(CN[C@@H](C)c2c(C)nn(C)c2C)c1. The summed E-state index contributed by atoms with van der Waals surface area (Å²) < 4.78 is 1.96. The number of nitrogens with one attached hydrogen (secondary N) is 1. The van der Waals surface area contributed by atoms with Crippen LogP contribution >= 0.6 is 0 Å². The zero-order chi connectivity index (χ0) is 14.9. The molecule has 0 saturated heterocycles. The molecule has 0 amide bonds. The Morgan fingerprint density at radius 3 is 2.20 bits per heavy atom. The van der Waals surface area contributed by atoms with E-state index in [9.17, 15) is 0 Å². The third kappa shape index (κ3) is 3.10. The van der Waals surface area contributed by atoms with Gasteiger partial charge in [-0.2, -0.15) is 5.10 Å². The molecule has 20 heavy (non-hydrogen) atoms. The molecule has 0 aliphatic heterocycles. The van der Waals surface area contributed by atoms with Crippen LogP contribution in [0.3, 0.4) is 0 Å². The molecule has 3 heteroatoms. The minimum Gasteiger partial charge on any atom is -0.306 e. The van der Waals surface area contributed by atoms with E-state index in [0.717, 1.165) is 12.2 Å². The number of nitrogens with zero attached hydrogens (tertiary/aromatic N) is 2. The second-order valence-corrected chi connectivity index (χ2v) is 5.81. The molecule has 0 spiro atoms. The van der Waals surface area contributed by atoms with Gasteiger partial charge in [0.1, 0.15) is 0 Å². The third-order valence-corrected chi connectivity index (χ3v) is 3.89. The Morgan fingerprint density at radius 2 is 1.70 bits per heavy atom. The first-order valence-corrected chi connectivity index (χ1v) is 7.19. The zero-order valence-electron chi connectivity index (χ0n) is 13.4. The standard InChI is InChI=1S/C17H25N3/c1-11-7-12(2)9-16(8-11)10-18-13(3)17-14(4)19-20(6)15(17)5/h7-9,13,18H,10H2,1-6H3/t13-/m0/s1. The fourth-order valence-electron chi connectivity index (χ4n) is 2.96. The molecule has 1 heterocycles. The molecule has 0 aliphatic rings. The molecule has 0 radical (unpaired) electrons. The minimum atomic E-state index is 0.310. The van der Waals surface area contributed by atoms with Crippen molar-refractivity contribution in [3.05, 3.63) is 51.8 Å². The van der Waals surface area contributed by atoms with Gasteiger partial charge in [0.25, 0.3) is 0 Å². The Balaban J connectivity index is 2.10. The summed E-state index contributed by atoms with van der Waals surface area (Å²) in [4.78, 5) is 0. The van der Waals surface area contributed by atoms with Gasteiger partial charge in [-0.15, -0.1) is 0 Å². The van der Waals surface area contributed by atoms with E-state index in [4.69, 9.17) is 0 Å². The zero-order valence-corrected chi connectivity index (χ0v) is 13.4. The summed E-state index contributed by atoms with van der Waals surface area (Å²) in [5.41, 5.74) is 7.66. The van der Waals surface area contributed by atoms with Crippen molar-refractivity contribution in [3.8, 4) is 0 Å². The van der Waals surface area contributed by atoms with E-state index in [1.807, 2.05) is 11.7 Å². The lowest BCUT2D eigenvalue weighted by molar-refractivity contribution is 0.568. The van der Waals surface area contributed by atoms with Gasteiger partial charge in [0.15, 0.2) is 0 Å². The van der Waals surface area contributed by atoms with Gasteiger partial charge in [-0.1, -0.05) is 29.3 Å². The molecule has 1 N–H and O–H groups in total. The van der Waals surface area contributed by atoms with Crippen LogP contribution in [-0.4, -0.2) is 9.78 Å². The molecule has 1 aromatic heterocycles. The summed E-state index contributed by atoms with van der Waals surface area (Å²) in [6.07, 6.45) is 0. The molecule has 2 rings (SSSR count). The quantitative estimate of drug-likeness (QED) is 0.922. The maximum atomic E-state index is 4.49. The molecular weight excluding hydrogens is 246 g/mol. The molecule has 0 unspecified atom stereocenters. The van der Waals surface area contributed by atoms with E-state index in [2.05, 4.69) is 63.2 Å². The molecule has 0 fully saturated rings. The lowest BCUT2D eigenvalue weighted by Gasteiger charge is -2.15. The Kier molecular flexibility index (Phi) is 4.29. The lowest BCUT2D eigenvalue weighted by Crippen LogP contribution is -2.19. The Labute approximate surface area is 122 Å². The van der Waals surface area contributed by atoms with Gasteiger partial charge in [0.2, 0.25) is 0 Å². The van der Waals surface area contributed by atoms with Gasteiger partial charge in [-0.25, -0.2) is 0 Å². The van der Waals surface area contributed by atoms with Crippen molar-refractivity contribution in [2.45, 2.75) is 47.2 Å². The van der Waals surface area contributed by atoms with Crippen LogP contribution in [0.1, 0.15) is 46.6 Å². The molecule has 1 atom stereocenters. The largest absolute Gasteiger partial charge is 0.306 e. The van der Waals surface area contributed by atoms with Crippen LogP contribution in [0.5, 0.6) is 0 Å². The molecular formula is C17H25N3. The van der Waals surface area contributed by atoms with Crippen molar-refractivity contribution in [1.82, 2.24) is 15.1 Å². The Bertz CT molecular complexity index is 591. The molecule has 0 aliphatic carbocycles. The van der Waals surface area contributed by atoms with Gasteiger partial charge >= 0.3 is 0 Å². The molecule has 2 aromatic rings. The van der Waals surface area contributed by atoms with E-state index in [1.165, 1.54) is 27.9 Å². The van der Waals surface area contributed by atoms with Crippen molar-refractivity contribution in [2.24, 2.45) is 7.05 Å². The van der Waals surface area contributed by atoms with Gasteiger partial charge in [0.05, 0.1) is 5.69 Å². The fourth-order valence-corrected chi connectivity index (χ4v) is 2.96. The van der Waals surface area contributed by atoms with E-state index < -0.39 is 0 Å². The number of benzene rings is 1. The van der Waals surface area contributed by atoms with Crippen LogP contribution in [0.25, 0.3) is 0 Å². The highest BCUT2D eigenvalue weighted by Gasteiger charge is 2.15. The van der Waals surface area contributed by atoms with Crippen LogP contribution in [0, 0.1) is 27.7 Å². The maximum Gasteiger partial charge on any atom is 0.0644 e. The van der Waals surface area contributed by atoms with Crippen LogP contribution in [0.4, 0.5) is 0 Å². The van der Waals surface area contributed by atoms with Crippen molar-refractivity contribution in [2.75, 3.05) is 0 Å². The monoisotopic (exact) mass is 271 g/mol. The summed E-state index contributed by atoms with van der Waals surface area (Å²) in [6.45, 7) is 11.6. The summed E-state index contributed by atoms with van der Waals surface area (Å²) in [5.74, 6) is 0. The van der Waals surface area contributed by atoms with Crippen LogP contribution < -0.4 is 5.32 Å². The Hall–Kier alpha value is -1.61. The fraction of sp³-hybridized carbons (Fsp3) is 0.471. The molecule has 0 saturated carbocycles. The molecule has 3 nitrogen and oxygen atoms in total. The van der Waals surface area contributed by atoms with Crippen LogP contribution in [0.15, 0.2) is 18.2 Å². The minimum absolute atomic E-state index is 0.310. The van der Waals surface area contributed by atoms with Crippen LogP contribution in [-0.2, 0) is 13.6 Å². The molecule has 108 valence electrons. The predicted octanol–water partition coefficient (Wildman–Crippen LogP) is 3.50. The van der Waals surface area contributed by atoms with Gasteiger partial charge in [-0.3, -0.25) is 4.68 Å². The first kappa shape index (κ1) is 14.8.